The lowest BCUT2D eigenvalue weighted by atomic mass is 10.0. The number of nitriles is 1. The Labute approximate surface area is 115 Å². The van der Waals surface area contributed by atoms with Gasteiger partial charge in [0.1, 0.15) is 0 Å². The highest BCUT2D eigenvalue weighted by Crippen LogP contribution is 2.15. The third kappa shape index (κ3) is 2.60. The first-order valence-electron chi connectivity index (χ1n) is 5.72. The van der Waals surface area contributed by atoms with E-state index in [0.29, 0.717) is 11.3 Å². The molecule has 4 heteroatoms. The van der Waals surface area contributed by atoms with Gasteiger partial charge in [-0.2, -0.15) is 5.26 Å². The average Bonchev–Trinajstić information content (AvgIpc) is 2.53. The summed E-state index contributed by atoms with van der Waals surface area (Å²) < 4.78 is 0. The Morgan fingerprint density at radius 3 is 1.75 bits per heavy atom. The molecule has 2 rings (SSSR count). The molecule has 0 saturated heterocycles. The molecule has 0 spiro atoms. The Hall–Kier alpha value is -3.24. The van der Waals surface area contributed by atoms with Gasteiger partial charge in [-0.05, 0) is 24.3 Å². The van der Waals surface area contributed by atoms with Crippen LogP contribution in [0, 0.1) is 17.9 Å². The number of hydrogen-bond donors (Lipinski definition) is 0. The minimum atomic E-state index is -0.634. The molecule has 0 saturated carbocycles. The van der Waals surface area contributed by atoms with Gasteiger partial charge in [0.05, 0.1) is 18.2 Å². The zero-order valence-corrected chi connectivity index (χ0v) is 10.3. The smallest absolute Gasteiger partial charge is 0.233 e. The molecule has 4 nitrogen and oxygen atoms in total. The first-order valence-corrected chi connectivity index (χ1v) is 5.72. The van der Waals surface area contributed by atoms with E-state index in [1.54, 1.807) is 0 Å². The second-order valence-electron chi connectivity index (χ2n) is 4.01. The second-order valence-corrected chi connectivity index (χ2v) is 4.01. The molecular weight excluding hydrogens is 252 g/mol. The molecule has 2 aromatic rings. The molecule has 0 aromatic heterocycles. The molecule has 0 amide bonds. The largest absolute Gasteiger partial charge is 0.285 e. The number of hydrogen-bond acceptors (Lipinski definition) is 3. The van der Waals surface area contributed by atoms with E-state index in [0.717, 1.165) is 0 Å². The quantitative estimate of drug-likeness (QED) is 0.483. The lowest BCUT2D eigenvalue weighted by molar-refractivity contribution is 0.0817. The number of carbonyl (C=O) groups is 2. The van der Waals surface area contributed by atoms with E-state index in [4.69, 9.17) is 11.8 Å². The van der Waals surface area contributed by atoms with E-state index in [9.17, 15) is 9.59 Å². The molecule has 0 unspecified atom stereocenters. The molecule has 0 heterocycles. The number of benzene rings is 2. The molecule has 0 aliphatic rings. The summed E-state index contributed by atoms with van der Waals surface area (Å²) in [4.78, 5) is 27.2. The van der Waals surface area contributed by atoms with Crippen LogP contribution in [0.5, 0.6) is 0 Å². The van der Waals surface area contributed by atoms with Crippen LogP contribution in [0.1, 0.15) is 26.3 Å². The third-order valence-electron chi connectivity index (χ3n) is 2.74. The second kappa shape index (κ2) is 5.60. The van der Waals surface area contributed by atoms with Crippen molar-refractivity contribution in [3.63, 3.8) is 0 Å². The van der Waals surface area contributed by atoms with E-state index in [2.05, 4.69) is 4.85 Å². The van der Waals surface area contributed by atoms with Crippen molar-refractivity contribution in [3.8, 4) is 6.07 Å². The highest BCUT2D eigenvalue weighted by Gasteiger charge is 2.17. The monoisotopic (exact) mass is 260 g/mol. The van der Waals surface area contributed by atoms with Gasteiger partial charge in [-0.3, -0.25) is 9.59 Å². The summed E-state index contributed by atoms with van der Waals surface area (Å²) in [5.41, 5.74) is 1.32. The van der Waals surface area contributed by atoms with Gasteiger partial charge in [-0.1, -0.05) is 24.3 Å². The normalized spacial score (nSPS) is 9.30. The minimum absolute atomic E-state index is 0.239. The van der Waals surface area contributed by atoms with Crippen LogP contribution in [-0.4, -0.2) is 11.6 Å². The van der Waals surface area contributed by atoms with E-state index < -0.39 is 11.6 Å². The summed E-state index contributed by atoms with van der Waals surface area (Å²) in [5, 5.41) is 8.68. The van der Waals surface area contributed by atoms with Gasteiger partial charge in [0, 0.05) is 11.1 Å². The van der Waals surface area contributed by atoms with Crippen LogP contribution in [-0.2, 0) is 0 Å². The number of nitrogens with zero attached hydrogens (tertiary/aromatic N) is 2. The molecule has 0 aliphatic carbocycles. The number of rotatable bonds is 3. The lowest BCUT2D eigenvalue weighted by Crippen LogP contribution is -2.14. The minimum Gasteiger partial charge on any atom is -0.285 e. The van der Waals surface area contributed by atoms with Crippen LogP contribution in [0.3, 0.4) is 0 Å². The van der Waals surface area contributed by atoms with Crippen molar-refractivity contribution in [1.82, 2.24) is 0 Å². The topological polar surface area (TPSA) is 62.3 Å². The molecule has 0 bridgehead atoms. The van der Waals surface area contributed by atoms with Gasteiger partial charge in [0.25, 0.3) is 0 Å². The van der Waals surface area contributed by atoms with Gasteiger partial charge in [0.2, 0.25) is 11.6 Å². The SMILES string of the molecule is [C-]#[N+]c1ccc(C(=O)C(=O)c2ccc(C#N)cc2)cc1. The number of carbonyl (C=O) groups excluding carboxylic acids is 2. The number of ketones is 2. The Kier molecular flexibility index (Phi) is 3.70. The fourth-order valence-electron chi connectivity index (χ4n) is 1.65. The van der Waals surface area contributed by atoms with Crippen LogP contribution < -0.4 is 0 Å². The van der Waals surface area contributed by atoms with E-state index in [-0.39, 0.29) is 11.1 Å². The summed E-state index contributed by atoms with van der Waals surface area (Å²) >= 11 is 0. The van der Waals surface area contributed by atoms with Crippen molar-refractivity contribution in [2.75, 3.05) is 0 Å². The van der Waals surface area contributed by atoms with E-state index >= 15 is 0 Å². The Morgan fingerprint density at radius 2 is 1.35 bits per heavy atom. The van der Waals surface area contributed by atoms with Crippen molar-refractivity contribution >= 4 is 17.3 Å². The maximum absolute atomic E-state index is 12.0. The van der Waals surface area contributed by atoms with E-state index in [1.807, 2.05) is 6.07 Å². The fraction of sp³-hybridized carbons (Fsp3) is 0. The molecule has 0 aliphatic heterocycles. The number of Topliss-reactive ketones (excluding diaryl/α,β-unsaturated/α-hetero) is 2. The summed E-state index contributed by atoms with van der Waals surface area (Å²) in [5.74, 6) is -1.27. The van der Waals surface area contributed by atoms with Gasteiger partial charge in [0.15, 0.2) is 5.69 Å². The average molecular weight is 260 g/mol. The lowest BCUT2D eigenvalue weighted by Gasteiger charge is -2.01. The van der Waals surface area contributed by atoms with Crippen LogP contribution in [0.25, 0.3) is 4.85 Å². The molecule has 0 N–H and O–H groups in total. The summed E-state index contributed by atoms with van der Waals surface area (Å²) in [6.07, 6.45) is 0. The van der Waals surface area contributed by atoms with Gasteiger partial charge in [-0.25, -0.2) is 4.85 Å². The maximum atomic E-state index is 12.0. The van der Waals surface area contributed by atoms with Crippen molar-refractivity contribution in [2.45, 2.75) is 0 Å². The standard InChI is InChI=1S/C16H8N2O2/c1-18-14-8-6-13(7-9-14)16(20)15(19)12-4-2-11(10-17)3-5-12/h2-9H. The fourth-order valence-corrected chi connectivity index (χ4v) is 1.65. The Bertz CT molecular complexity index is 678. The highest BCUT2D eigenvalue weighted by atomic mass is 16.2. The van der Waals surface area contributed by atoms with Crippen molar-refractivity contribution in [2.24, 2.45) is 0 Å². The van der Waals surface area contributed by atoms with Gasteiger partial charge < -0.3 is 0 Å². The first-order chi connectivity index (χ1) is 9.65. The van der Waals surface area contributed by atoms with Crippen LogP contribution in [0.2, 0.25) is 0 Å². The van der Waals surface area contributed by atoms with Crippen molar-refractivity contribution < 1.29 is 9.59 Å². The summed E-state index contributed by atoms with van der Waals surface area (Å²) in [6, 6.07) is 13.7. The van der Waals surface area contributed by atoms with Crippen LogP contribution >= 0.6 is 0 Å². The Morgan fingerprint density at radius 1 is 0.900 bits per heavy atom. The molecule has 0 fully saturated rings. The summed E-state index contributed by atoms with van der Waals surface area (Å²) in [6.45, 7) is 6.83. The third-order valence-corrected chi connectivity index (χ3v) is 2.74. The zero-order valence-electron chi connectivity index (χ0n) is 10.3. The molecule has 94 valence electrons. The highest BCUT2D eigenvalue weighted by molar-refractivity contribution is 6.49. The molecule has 2 aromatic carbocycles. The predicted molar refractivity (Wildman–Crippen MR) is 72.5 cm³/mol. The maximum Gasteiger partial charge on any atom is 0.233 e. The van der Waals surface area contributed by atoms with Crippen molar-refractivity contribution in [1.29, 1.82) is 5.26 Å². The van der Waals surface area contributed by atoms with Crippen LogP contribution in [0.4, 0.5) is 5.69 Å². The van der Waals surface area contributed by atoms with Crippen LogP contribution in [0.15, 0.2) is 48.5 Å². The van der Waals surface area contributed by atoms with Gasteiger partial charge in [-0.15, -0.1) is 0 Å². The summed E-state index contributed by atoms with van der Waals surface area (Å²) in [7, 11) is 0. The molecular formula is C16H8N2O2. The predicted octanol–water partition coefficient (Wildman–Crippen LogP) is 3.17. The molecule has 0 atom stereocenters. The van der Waals surface area contributed by atoms with Crippen molar-refractivity contribution in [3.05, 3.63) is 76.6 Å². The van der Waals surface area contributed by atoms with E-state index in [1.165, 1.54) is 48.5 Å². The molecule has 20 heavy (non-hydrogen) atoms. The van der Waals surface area contributed by atoms with Gasteiger partial charge >= 0.3 is 0 Å². The Balaban J connectivity index is 2.25. The first kappa shape index (κ1) is 13.2. The molecule has 0 radical (unpaired) electrons. The zero-order chi connectivity index (χ0) is 14.5.